The maximum absolute atomic E-state index is 11.5. The summed E-state index contributed by atoms with van der Waals surface area (Å²) in [5.41, 5.74) is 3.83. The van der Waals surface area contributed by atoms with Crippen molar-refractivity contribution in [1.82, 2.24) is 0 Å². The number of fused-ring (bicyclic) bond motifs is 1. The number of hydrogen-bond donors (Lipinski definition) is 0. The molecule has 2 aromatic carbocycles. The van der Waals surface area contributed by atoms with Gasteiger partial charge in [-0.15, -0.1) is 0 Å². The van der Waals surface area contributed by atoms with E-state index in [9.17, 15) is 4.79 Å². The summed E-state index contributed by atoms with van der Waals surface area (Å²) in [5.74, 6) is 0.238. The third-order valence-corrected chi connectivity index (χ3v) is 4.56. The van der Waals surface area contributed by atoms with Crippen LogP contribution in [-0.4, -0.2) is 12.3 Å². The van der Waals surface area contributed by atoms with E-state index in [1.165, 1.54) is 16.8 Å². The molecule has 0 bridgehead atoms. The summed E-state index contributed by atoms with van der Waals surface area (Å²) in [6.45, 7) is 2.63. The number of nitrogens with zero attached hydrogens (tertiary/aromatic N) is 1. The highest BCUT2D eigenvalue weighted by Crippen LogP contribution is 2.37. The molecule has 3 rings (SSSR count). The van der Waals surface area contributed by atoms with Crippen molar-refractivity contribution in [3.63, 3.8) is 0 Å². The molecule has 0 spiro atoms. The van der Waals surface area contributed by atoms with E-state index in [-0.39, 0.29) is 11.8 Å². The molecule has 0 N–H and O–H groups in total. The highest BCUT2D eigenvalue weighted by Gasteiger charge is 2.27. The number of anilines is 1. The van der Waals surface area contributed by atoms with Crippen LogP contribution in [-0.2, 0) is 11.2 Å². The number of rotatable bonds is 4. The monoisotopic (exact) mass is 313 g/mol. The lowest BCUT2D eigenvalue weighted by molar-refractivity contribution is -0.117. The molecule has 0 fully saturated rings. The van der Waals surface area contributed by atoms with Crippen molar-refractivity contribution >= 4 is 23.1 Å². The number of halogens is 1. The molecule has 1 unspecified atom stereocenters. The number of Topliss-reactive ketones (excluding diaryl/α,β-unsaturated/α-hetero) is 1. The van der Waals surface area contributed by atoms with Gasteiger partial charge in [-0.2, -0.15) is 0 Å². The van der Waals surface area contributed by atoms with E-state index in [0.29, 0.717) is 6.42 Å². The van der Waals surface area contributed by atoms with Crippen LogP contribution in [0.5, 0.6) is 0 Å². The number of benzene rings is 2. The van der Waals surface area contributed by atoms with Gasteiger partial charge in [0.05, 0.1) is 6.04 Å². The van der Waals surface area contributed by atoms with Gasteiger partial charge in [0.15, 0.2) is 0 Å². The molecule has 1 aliphatic rings. The van der Waals surface area contributed by atoms with Crippen LogP contribution in [0.25, 0.3) is 0 Å². The topological polar surface area (TPSA) is 20.3 Å². The lowest BCUT2D eigenvalue weighted by Crippen LogP contribution is -2.35. The third-order valence-electron chi connectivity index (χ3n) is 4.32. The van der Waals surface area contributed by atoms with Gasteiger partial charge in [-0.1, -0.05) is 35.9 Å². The van der Waals surface area contributed by atoms with Crippen LogP contribution in [0.4, 0.5) is 5.69 Å². The van der Waals surface area contributed by atoms with Crippen LogP contribution in [0.2, 0.25) is 5.02 Å². The lowest BCUT2D eigenvalue weighted by Gasteiger charge is -2.39. The van der Waals surface area contributed by atoms with Crippen LogP contribution in [0.3, 0.4) is 0 Å². The minimum atomic E-state index is 0.216. The first kappa shape index (κ1) is 15.1. The van der Waals surface area contributed by atoms with Gasteiger partial charge in [0.1, 0.15) is 5.78 Å². The predicted molar refractivity (Wildman–Crippen MR) is 91.6 cm³/mol. The first-order chi connectivity index (χ1) is 10.6. The van der Waals surface area contributed by atoms with Crippen molar-refractivity contribution in [2.75, 3.05) is 11.4 Å². The Morgan fingerprint density at radius 3 is 2.73 bits per heavy atom. The largest absolute Gasteiger partial charge is 0.364 e. The summed E-state index contributed by atoms with van der Waals surface area (Å²) in [6, 6.07) is 16.8. The zero-order valence-corrected chi connectivity index (χ0v) is 13.5. The summed E-state index contributed by atoms with van der Waals surface area (Å²) in [7, 11) is 0. The number of hydrogen-bond acceptors (Lipinski definition) is 2. The van der Waals surface area contributed by atoms with Gasteiger partial charge in [0.25, 0.3) is 0 Å². The summed E-state index contributed by atoms with van der Waals surface area (Å²) in [5, 5.41) is 0.765. The zero-order valence-electron chi connectivity index (χ0n) is 12.8. The average Bonchev–Trinajstić information content (AvgIpc) is 2.53. The molecule has 0 aromatic heterocycles. The van der Waals surface area contributed by atoms with E-state index in [2.05, 4.69) is 41.3 Å². The normalized spacial score (nSPS) is 17.2. The molecule has 0 radical (unpaired) electrons. The third kappa shape index (κ3) is 3.17. The minimum Gasteiger partial charge on any atom is -0.364 e. The molecule has 1 atom stereocenters. The van der Waals surface area contributed by atoms with Crippen LogP contribution >= 0.6 is 11.6 Å². The van der Waals surface area contributed by atoms with Gasteiger partial charge in [-0.3, -0.25) is 0 Å². The fourth-order valence-electron chi connectivity index (χ4n) is 3.25. The van der Waals surface area contributed by atoms with E-state index in [1.807, 2.05) is 12.1 Å². The maximum atomic E-state index is 11.5. The Morgan fingerprint density at radius 2 is 2.00 bits per heavy atom. The summed E-state index contributed by atoms with van der Waals surface area (Å²) in [4.78, 5) is 13.9. The second kappa shape index (κ2) is 6.53. The molecule has 0 amide bonds. The zero-order chi connectivity index (χ0) is 15.5. The summed E-state index contributed by atoms with van der Waals surface area (Å²) in [6.07, 6.45) is 2.44. The van der Waals surface area contributed by atoms with E-state index in [1.54, 1.807) is 6.92 Å². The number of carbonyl (C=O) groups is 1. The highest BCUT2D eigenvalue weighted by atomic mass is 35.5. The van der Waals surface area contributed by atoms with E-state index in [4.69, 9.17) is 11.6 Å². The Balaban J connectivity index is 1.98. The van der Waals surface area contributed by atoms with Gasteiger partial charge in [-0.05, 0) is 55.2 Å². The smallest absolute Gasteiger partial charge is 0.129 e. The molecule has 3 heteroatoms. The number of ketones is 1. The summed E-state index contributed by atoms with van der Waals surface area (Å²) < 4.78 is 0. The Bertz CT molecular complexity index is 668. The first-order valence-corrected chi connectivity index (χ1v) is 8.12. The van der Waals surface area contributed by atoms with Crippen molar-refractivity contribution in [2.24, 2.45) is 0 Å². The fourth-order valence-corrected chi connectivity index (χ4v) is 3.43. The van der Waals surface area contributed by atoms with Crippen LogP contribution in [0.1, 0.15) is 36.9 Å². The molecular weight excluding hydrogens is 294 g/mol. The van der Waals surface area contributed by atoms with Gasteiger partial charge < -0.3 is 9.69 Å². The molecule has 2 aromatic rings. The number of para-hydroxylation sites is 1. The van der Waals surface area contributed by atoms with Gasteiger partial charge in [-0.25, -0.2) is 0 Å². The standard InChI is InChI=1S/C19H20ClNO/c1-14(22)7-10-19-18-13-16(20)9-8-15(18)11-12-21(19)17-5-3-2-4-6-17/h2-6,8-9,13,19H,7,10-12H2,1H3. The average molecular weight is 314 g/mol. The Kier molecular flexibility index (Phi) is 4.49. The second-order valence-electron chi connectivity index (χ2n) is 5.88. The maximum Gasteiger partial charge on any atom is 0.129 e. The van der Waals surface area contributed by atoms with Crippen molar-refractivity contribution in [2.45, 2.75) is 32.2 Å². The fraction of sp³-hybridized carbons (Fsp3) is 0.316. The predicted octanol–water partition coefficient (Wildman–Crippen LogP) is 4.81. The van der Waals surface area contributed by atoms with Crippen molar-refractivity contribution in [3.05, 3.63) is 64.7 Å². The minimum absolute atomic E-state index is 0.216. The lowest BCUT2D eigenvalue weighted by atomic mass is 9.89. The molecule has 0 aliphatic carbocycles. The molecule has 0 saturated heterocycles. The Hall–Kier alpha value is -1.80. The quantitative estimate of drug-likeness (QED) is 0.807. The Morgan fingerprint density at radius 1 is 1.23 bits per heavy atom. The molecule has 114 valence electrons. The van der Waals surface area contributed by atoms with Crippen molar-refractivity contribution in [1.29, 1.82) is 0 Å². The number of carbonyl (C=O) groups excluding carboxylic acids is 1. The van der Waals surface area contributed by atoms with E-state index < -0.39 is 0 Å². The molecule has 1 heterocycles. The molecule has 1 aliphatic heterocycles. The van der Waals surface area contributed by atoms with Gasteiger partial charge in [0.2, 0.25) is 0 Å². The molecule has 22 heavy (non-hydrogen) atoms. The summed E-state index contributed by atoms with van der Waals surface area (Å²) >= 11 is 6.21. The highest BCUT2D eigenvalue weighted by molar-refractivity contribution is 6.30. The second-order valence-corrected chi connectivity index (χ2v) is 6.32. The van der Waals surface area contributed by atoms with E-state index >= 15 is 0 Å². The molecular formula is C19H20ClNO. The van der Waals surface area contributed by atoms with Gasteiger partial charge in [0, 0.05) is 23.7 Å². The van der Waals surface area contributed by atoms with Crippen molar-refractivity contribution in [3.8, 4) is 0 Å². The SMILES string of the molecule is CC(=O)CCC1c2cc(Cl)ccc2CCN1c1ccccc1. The Labute approximate surface area is 136 Å². The van der Waals surface area contributed by atoms with E-state index in [0.717, 1.165) is 24.4 Å². The van der Waals surface area contributed by atoms with Crippen molar-refractivity contribution < 1.29 is 4.79 Å². The molecule has 0 saturated carbocycles. The molecule has 2 nitrogen and oxygen atoms in total. The van der Waals surface area contributed by atoms with Gasteiger partial charge >= 0.3 is 0 Å². The first-order valence-electron chi connectivity index (χ1n) is 7.74. The van der Waals surface area contributed by atoms with Crippen LogP contribution < -0.4 is 4.90 Å². The van der Waals surface area contributed by atoms with Crippen LogP contribution in [0, 0.1) is 0 Å². The van der Waals surface area contributed by atoms with Crippen LogP contribution in [0.15, 0.2) is 48.5 Å².